The minimum Gasteiger partial charge on any atom is -0.370 e. The molecular formula is C15H23IN4S2. The molecule has 0 spiro atoms. The Bertz CT molecular complexity index is 552. The van der Waals surface area contributed by atoms with Crippen molar-refractivity contribution in [3.05, 3.63) is 38.5 Å². The molecule has 3 N–H and O–H groups in total. The van der Waals surface area contributed by atoms with Crippen molar-refractivity contribution in [3.8, 4) is 0 Å². The smallest absolute Gasteiger partial charge is 0.188 e. The van der Waals surface area contributed by atoms with Gasteiger partial charge in [0.15, 0.2) is 5.96 Å². The Morgan fingerprint density at radius 3 is 2.86 bits per heavy atom. The summed E-state index contributed by atoms with van der Waals surface area (Å²) in [5, 5.41) is 8.57. The van der Waals surface area contributed by atoms with Crippen LogP contribution in [0.2, 0.25) is 0 Å². The van der Waals surface area contributed by atoms with E-state index in [4.69, 9.17) is 5.73 Å². The summed E-state index contributed by atoms with van der Waals surface area (Å²) in [7, 11) is 0. The van der Waals surface area contributed by atoms with Crippen LogP contribution in [0.25, 0.3) is 0 Å². The number of aliphatic imine (C=N–C) groups is 1. The lowest BCUT2D eigenvalue weighted by atomic mass is 10.2. The largest absolute Gasteiger partial charge is 0.370 e. The van der Waals surface area contributed by atoms with Gasteiger partial charge in [-0.15, -0.1) is 46.7 Å². The first-order chi connectivity index (χ1) is 10.2. The van der Waals surface area contributed by atoms with E-state index >= 15 is 0 Å². The molecule has 0 aliphatic rings. The molecule has 2 heterocycles. The summed E-state index contributed by atoms with van der Waals surface area (Å²) in [5.74, 6) is 0.552. The Morgan fingerprint density at radius 2 is 2.18 bits per heavy atom. The third-order valence-electron chi connectivity index (χ3n) is 3.01. The van der Waals surface area contributed by atoms with Gasteiger partial charge in [-0.05, 0) is 44.1 Å². The fourth-order valence-electron chi connectivity index (χ4n) is 1.93. The average Bonchev–Trinajstić information content (AvgIpc) is 3.10. The molecule has 0 amide bonds. The molecule has 7 heteroatoms. The van der Waals surface area contributed by atoms with E-state index in [9.17, 15) is 0 Å². The Hall–Kier alpha value is -0.670. The van der Waals surface area contributed by atoms with E-state index in [0.29, 0.717) is 5.96 Å². The number of thiazole rings is 1. The summed E-state index contributed by atoms with van der Waals surface area (Å²) >= 11 is 3.51. The summed E-state index contributed by atoms with van der Waals surface area (Å²) < 4.78 is 0. The second-order valence-corrected chi connectivity index (χ2v) is 6.84. The number of aryl methyl sites for hydroxylation is 2. The van der Waals surface area contributed by atoms with Gasteiger partial charge in [0, 0.05) is 29.0 Å². The van der Waals surface area contributed by atoms with E-state index in [1.807, 2.05) is 6.92 Å². The van der Waals surface area contributed by atoms with Gasteiger partial charge in [0.25, 0.3) is 0 Å². The van der Waals surface area contributed by atoms with E-state index in [0.717, 1.165) is 44.5 Å². The summed E-state index contributed by atoms with van der Waals surface area (Å²) in [6.45, 7) is 3.66. The zero-order valence-corrected chi connectivity index (χ0v) is 16.7. The normalized spacial score (nSPS) is 11.2. The monoisotopic (exact) mass is 450 g/mol. The quantitative estimate of drug-likeness (QED) is 0.280. The van der Waals surface area contributed by atoms with Crippen LogP contribution < -0.4 is 11.1 Å². The molecule has 0 bridgehead atoms. The molecule has 0 aromatic carbocycles. The van der Waals surface area contributed by atoms with Gasteiger partial charge in [0.05, 0.1) is 5.01 Å². The predicted octanol–water partition coefficient (Wildman–Crippen LogP) is 3.60. The number of aromatic nitrogens is 1. The number of thiophene rings is 1. The molecule has 122 valence electrons. The summed E-state index contributed by atoms with van der Waals surface area (Å²) in [5.41, 5.74) is 6.96. The van der Waals surface area contributed by atoms with Crippen LogP contribution in [0.15, 0.2) is 27.9 Å². The number of nitrogens with zero attached hydrogens (tertiary/aromatic N) is 2. The summed E-state index contributed by atoms with van der Waals surface area (Å²) in [6, 6.07) is 4.21. The van der Waals surface area contributed by atoms with Gasteiger partial charge in [-0.25, -0.2) is 4.98 Å². The molecule has 4 nitrogen and oxygen atoms in total. The molecule has 2 aromatic rings. The van der Waals surface area contributed by atoms with E-state index in [1.165, 1.54) is 9.88 Å². The highest BCUT2D eigenvalue weighted by Crippen LogP contribution is 2.11. The van der Waals surface area contributed by atoms with Crippen molar-refractivity contribution >= 4 is 52.6 Å². The number of guanidine groups is 1. The van der Waals surface area contributed by atoms with Crippen LogP contribution in [0.3, 0.4) is 0 Å². The first-order valence-corrected chi connectivity index (χ1v) is 8.97. The van der Waals surface area contributed by atoms with Gasteiger partial charge in [0.2, 0.25) is 0 Å². The van der Waals surface area contributed by atoms with Crippen LogP contribution >= 0.6 is 46.7 Å². The van der Waals surface area contributed by atoms with Crippen molar-refractivity contribution in [2.24, 2.45) is 10.7 Å². The van der Waals surface area contributed by atoms with Crippen LogP contribution in [0.4, 0.5) is 0 Å². The van der Waals surface area contributed by atoms with Gasteiger partial charge in [-0.3, -0.25) is 4.99 Å². The van der Waals surface area contributed by atoms with Crippen LogP contribution in [0.5, 0.6) is 0 Å². The number of nitrogens with two attached hydrogens (primary N) is 1. The maximum absolute atomic E-state index is 5.84. The van der Waals surface area contributed by atoms with Gasteiger partial charge >= 0.3 is 0 Å². The minimum atomic E-state index is 0. The zero-order valence-electron chi connectivity index (χ0n) is 12.7. The van der Waals surface area contributed by atoms with Crippen molar-refractivity contribution in [2.75, 3.05) is 13.1 Å². The zero-order chi connectivity index (χ0) is 14.9. The standard InChI is InChI=1S/C15H22N4S2.HI/c1-12-11-21-14(19-12)6-2-3-8-17-15(16)18-9-7-13-5-4-10-20-13;/h4-5,10-11H,2-3,6-9H2,1H3,(H3,16,17,18);1H. The topological polar surface area (TPSA) is 63.3 Å². The molecule has 0 aliphatic heterocycles. The molecular weight excluding hydrogens is 427 g/mol. The highest BCUT2D eigenvalue weighted by atomic mass is 127. The number of halogens is 1. The van der Waals surface area contributed by atoms with Crippen molar-refractivity contribution in [3.63, 3.8) is 0 Å². The molecule has 0 saturated heterocycles. The maximum atomic E-state index is 5.84. The molecule has 0 unspecified atom stereocenters. The lowest BCUT2D eigenvalue weighted by Crippen LogP contribution is -2.33. The number of rotatable bonds is 8. The van der Waals surface area contributed by atoms with Crippen LogP contribution in [-0.2, 0) is 12.8 Å². The lowest BCUT2D eigenvalue weighted by molar-refractivity contribution is 0.735. The average molecular weight is 450 g/mol. The SMILES string of the molecule is Cc1csc(CCCCN=C(N)NCCc2cccs2)n1.I. The number of hydrogen-bond donors (Lipinski definition) is 2. The highest BCUT2D eigenvalue weighted by molar-refractivity contribution is 14.0. The van der Waals surface area contributed by atoms with E-state index in [2.05, 4.69) is 38.2 Å². The number of unbranched alkanes of at least 4 members (excludes halogenated alkanes) is 1. The van der Waals surface area contributed by atoms with Crippen molar-refractivity contribution in [1.82, 2.24) is 10.3 Å². The maximum Gasteiger partial charge on any atom is 0.188 e. The van der Waals surface area contributed by atoms with E-state index in [-0.39, 0.29) is 24.0 Å². The summed E-state index contributed by atoms with van der Waals surface area (Å²) in [4.78, 5) is 10.2. The molecule has 0 fully saturated rings. The van der Waals surface area contributed by atoms with Gasteiger partial charge in [0.1, 0.15) is 0 Å². The van der Waals surface area contributed by atoms with E-state index < -0.39 is 0 Å². The van der Waals surface area contributed by atoms with Gasteiger partial charge in [-0.1, -0.05) is 6.07 Å². The Labute approximate surface area is 157 Å². The fraction of sp³-hybridized carbons (Fsp3) is 0.467. The molecule has 0 radical (unpaired) electrons. The second-order valence-electron chi connectivity index (χ2n) is 4.86. The fourth-order valence-corrected chi connectivity index (χ4v) is 3.46. The molecule has 2 rings (SSSR count). The molecule has 0 saturated carbocycles. The first kappa shape index (κ1) is 19.4. The van der Waals surface area contributed by atoms with Crippen LogP contribution in [-0.4, -0.2) is 24.0 Å². The van der Waals surface area contributed by atoms with Crippen molar-refractivity contribution < 1.29 is 0 Å². The van der Waals surface area contributed by atoms with E-state index in [1.54, 1.807) is 22.7 Å². The number of nitrogens with one attached hydrogen (secondary N) is 1. The third-order valence-corrected chi connectivity index (χ3v) is 4.97. The van der Waals surface area contributed by atoms with Gasteiger partial charge in [-0.2, -0.15) is 0 Å². The first-order valence-electron chi connectivity index (χ1n) is 7.21. The van der Waals surface area contributed by atoms with Gasteiger partial charge < -0.3 is 11.1 Å². The molecule has 2 aromatic heterocycles. The van der Waals surface area contributed by atoms with Crippen LogP contribution in [0.1, 0.15) is 28.4 Å². The second kappa shape index (κ2) is 11.0. The van der Waals surface area contributed by atoms with Crippen molar-refractivity contribution in [2.45, 2.75) is 32.6 Å². The van der Waals surface area contributed by atoms with Crippen LogP contribution in [0, 0.1) is 6.92 Å². The Balaban J connectivity index is 0.00000242. The third kappa shape index (κ3) is 7.55. The molecule has 22 heavy (non-hydrogen) atoms. The number of hydrogen-bond acceptors (Lipinski definition) is 4. The Morgan fingerprint density at radius 1 is 1.32 bits per heavy atom. The highest BCUT2D eigenvalue weighted by Gasteiger charge is 1.98. The Kier molecular flexibility index (Phi) is 9.65. The lowest BCUT2D eigenvalue weighted by Gasteiger charge is -2.04. The predicted molar refractivity (Wildman–Crippen MR) is 108 cm³/mol. The molecule has 0 atom stereocenters. The van der Waals surface area contributed by atoms with Crippen molar-refractivity contribution in [1.29, 1.82) is 0 Å². The minimum absolute atomic E-state index is 0. The summed E-state index contributed by atoms with van der Waals surface area (Å²) in [6.07, 6.45) is 4.20. The molecule has 0 aliphatic carbocycles.